The van der Waals surface area contributed by atoms with E-state index in [-0.39, 0.29) is 0 Å². The van der Waals surface area contributed by atoms with Crippen LogP contribution in [-0.4, -0.2) is 0 Å². The minimum Gasteiger partial charge on any atom is -0.311 e. The Bertz CT molecular complexity index is 1640. The van der Waals surface area contributed by atoms with Crippen molar-refractivity contribution in [3.8, 4) is 11.1 Å². The molecular weight excluding hydrogens is 472 g/mol. The van der Waals surface area contributed by atoms with Crippen molar-refractivity contribution < 1.29 is 0 Å². The zero-order valence-corrected chi connectivity index (χ0v) is 22.3. The van der Waals surface area contributed by atoms with Gasteiger partial charge in [-0.2, -0.15) is 0 Å². The number of rotatable bonds is 9. The lowest BCUT2D eigenvalue weighted by molar-refractivity contribution is 1.20. The Balaban J connectivity index is 1.48. The lowest BCUT2D eigenvalue weighted by Gasteiger charge is -2.27. The van der Waals surface area contributed by atoms with E-state index in [1.165, 1.54) is 10.8 Å². The Labute approximate surface area is 231 Å². The van der Waals surface area contributed by atoms with Crippen molar-refractivity contribution in [2.75, 3.05) is 9.80 Å². The molecule has 0 aromatic heterocycles. The van der Waals surface area contributed by atoms with E-state index in [0.717, 1.165) is 45.3 Å². The van der Waals surface area contributed by atoms with Gasteiger partial charge in [0.15, 0.2) is 0 Å². The molecule has 39 heavy (non-hydrogen) atoms. The summed E-state index contributed by atoms with van der Waals surface area (Å²) in [5.74, 6) is 0. The number of hydrogen-bond donors (Lipinski definition) is 0. The zero-order valence-electron chi connectivity index (χ0n) is 22.3. The van der Waals surface area contributed by atoms with Gasteiger partial charge in [-0.3, -0.25) is 0 Å². The van der Waals surface area contributed by atoms with E-state index < -0.39 is 0 Å². The summed E-state index contributed by atoms with van der Waals surface area (Å²) in [5, 5.41) is 2.36. The first kappa shape index (κ1) is 25.6. The molecule has 0 unspecified atom stereocenters. The summed E-state index contributed by atoms with van der Waals surface area (Å²) in [6.07, 6.45) is 5.76. The fraction of sp³-hybridized carbons (Fsp3) is 0.0270. The lowest BCUT2D eigenvalue weighted by atomic mass is 10.0. The van der Waals surface area contributed by atoms with Crippen LogP contribution in [0.2, 0.25) is 0 Å². The van der Waals surface area contributed by atoms with E-state index in [1.54, 1.807) is 6.08 Å². The fourth-order valence-corrected chi connectivity index (χ4v) is 4.92. The van der Waals surface area contributed by atoms with Gasteiger partial charge in [-0.05, 0) is 78.1 Å². The van der Waals surface area contributed by atoms with Crippen LogP contribution in [0.5, 0.6) is 0 Å². The summed E-state index contributed by atoms with van der Waals surface area (Å²) in [6.45, 7) is 14.3. The summed E-state index contributed by atoms with van der Waals surface area (Å²) >= 11 is 0. The third-order valence-electron chi connectivity index (χ3n) is 6.89. The summed E-state index contributed by atoms with van der Waals surface area (Å²) in [6, 6.07) is 42.4. The maximum atomic E-state index is 4.28. The number of anilines is 4. The molecule has 0 saturated carbocycles. The number of hydrogen-bond acceptors (Lipinski definition) is 2. The molecule has 5 aromatic carbocycles. The molecule has 0 aliphatic heterocycles. The molecule has 0 radical (unpaired) electrons. The number of fused-ring (bicyclic) bond motifs is 1. The molecule has 0 N–H and O–H groups in total. The zero-order chi connectivity index (χ0) is 27.2. The van der Waals surface area contributed by atoms with Crippen molar-refractivity contribution >= 4 is 33.5 Å². The summed E-state index contributed by atoms with van der Waals surface area (Å²) in [5.41, 5.74) is 8.46. The van der Waals surface area contributed by atoms with Crippen LogP contribution in [0.4, 0.5) is 22.7 Å². The minimum absolute atomic E-state index is 0.825. The van der Waals surface area contributed by atoms with E-state index >= 15 is 0 Å². The van der Waals surface area contributed by atoms with Crippen LogP contribution in [0.1, 0.15) is 6.92 Å². The summed E-state index contributed by atoms with van der Waals surface area (Å²) in [4.78, 5) is 4.37. The van der Waals surface area contributed by atoms with Crippen LogP contribution in [0.25, 0.3) is 21.9 Å². The third kappa shape index (κ3) is 5.18. The maximum absolute atomic E-state index is 4.28. The van der Waals surface area contributed by atoms with Crippen molar-refractivity contribution in [3.05, 3.63) is 171 Å². The van der Waals surface area contributed by atoms with Gasteiger partial charge in [0, 0.05) is 33.8 Å². The van der Waals surface area contributed by atoms with Crippen molar-refractivity contribution in [2.45, 2.75) is 6.92 Å². The second kappa shape index (κ2) is 11.5. The highest BCUT2D eigenvalue weighted by atomic mass is 15.1. The van der Waals surface area contributed by atoms with Gasteiger partial charge in [0.25, 0.3) is 0 Å². The second-order valence-corrected chi connectivity index (χ2v) is 9.21. The van der Waals surface area contributed by atoms with Crippen LogP contribution in [0.3, 0.4) is 0 Å². The number of nitrogens with zero attached hydrogens (tertiary/aromatic N) is 2. The van der Waals surface area contributed by atoms with E-state index in [2.05, 4.69) is 151 Å². The van der Waals surface area contributed by atoms with E-state index in [1.807, 2.05) is 19.1 Å². The Hall–Kier alpha value is -5.08. The average Bonchev–Trinajstić information content (AvgIpc) is 3.01. The Kier molecular flexibility index (Phi) is 7.56. The minimum atomic E-state index is 0.825. The number of benzene rings is 5. The van der Waals surface area contributed by atoms with Gasteiger partial charge in [0.1, 0.15) is 0 Å². The fourth-order valence-electron chi connectivity index (χ4n) is 4.92. The molecule has 5 aromatic rings. The highest BCUT2D eigenvalue weighted by Gasteiger charge is 2.15. The Morgan fingerprint density at radius 3 is 1.69 bits per heavy atom. The van der Waals surface area contributed by atoms with Crippen LogP contribution >= 0.6 is 0 Å². The Morgan fingerprint density at radius 1 is 0.564 bits per heavy atom. The van der Waals surface area contributed by atoms with Crippen molar-refractivity contribution in [3.63, 3.8) is 0 Å². The predicted molar refractivity (Wildman–Crippen MR) is 170 cm³/mol. The van der Waals surface area contributed by atoms with Crippen LogP contribution in [0.15, 0.2) is 171 Å². The van der Waals surface area contributed by atoms with Crippen LogP contribution in [-0.2, 0) is 0 Å². The highest BCUT2D eigenvalue weighted by molar-refractivity contribution is 5.97. The van der Waals surface area contributed by atoms with E-state index in [0.29, 0.717) is 0 Å². The molecule has 0 heterocycles. The van der Waals surface area contributed by atoms with E-state index in [4.69, 9.17) is 0 Å². The van der Waals surface area contributed by atoms with Crippen molar-refractivity contribution in [2.24, 2.45) is 0 Å². The smallest absolute Gasteiger partial charge is 0.0539 e. The molecular formula is C37H32N2. The van der Waals surface area contributed by atoms with Gasteiger partial charge >= 0.3 is 0 Å². The standard InChI is InChI=1S/C37H32N2/c1-5-28(4)38(37-19-13-15-31-14-11-12-18-36(31)37)34-24-20-29(21-25-34)30-22-26-35(27-23-30)39(32(6-2)7-3)33-16-9-8-10-17-33/h5-27H,1-2,4H2,3H3/b32-7+. The Morgan fingerprint density at radius 2 is 1.10 bits per heavy atom. The van der Waals surface area contributed by atoms with Gasteiger partial charge < -0.3 is 9.80 Å². The monoisotopic (exact) mass is 504 g/mol. The maximum Gasteiger partial charge on any atom is 0.0539 e. The largest absolute Gasteiger partial charge is 0.311 e. The molecule has 190 valence electrons. The molecule has 0 atom stereocenters. The number of allylic oxidation sites excluding steroid dienone is 3. The van der Waals surface area contributed by atoms with Crippen molar-refractivity contribution in [1.29, 1.82) is 0 Å². The lowest BCUT2D eigenvalue weighted by Crippen LogP contribution is -2.14. The van der Waals surface area contributed by atoms with Crippen molar-refractivity contribution in [1.82, 2.24) is 0 Å². The molecule has 0 aliphatic carbocycles. The van der Waals surface area contributed by atoms with Gasteiger partial charge in [0.2, 0.25) is 0 Å². The average molecular weight is 505 g/mol. The molecule has 2 nitrogen and oxygen atoms in total. The topological polar surface area (TPSA) is 6.48 Å². The first-order valence-corrected chi connectivity index (χ1v) is 13.1. The van der Waals surface area contributed by atoms with Gasteiger partial charge in [0.05, 0.1) is 5.69 Å². The third-order valence-corrected chi connectivity index (χ3v) is 6.89. The highest BCUT2D eigenvalue weighted by Crippen LogP contribution is 2.37. The van der Waals surface area contributed by atoms with Gasteiger partial charge in [-0.15, -0.1) is 0 Å². The van der Waals surface area contributed by atoms with Crippen LogP contribution in [0, 0.1) is 0 Å². The first-order valence-electron chi connectivity index (χ1n) is 13.1. The molecule has 0 spiro atoms. The second-order valence-electron chi connectivity index (χ2n) is 9.21. The SMILES string of the molecule is C=CC(=C)N(c1ccc(-c2ccc(N(/C(C=C)=C/C)c3ccccc3)cc2)cc1)c1cccc2ccccc12. The normalized spacial score (nSPS) is 11.2. The van der Waals surface area contributed by atoms with Gasteiger partial charge in [-0.1, -0.05) is 105 Å². The summed E-state index contributed by atoms with van der Waals surface area (Å²) in [7, 11) is 0. The quantitative estimate of drug-likeness (QED) is 0.184. The number of para-hydroxylation sites is 1. The molecule has 0 bridgehead atoms. The molecule has 2 heteroatoms. The molecule has 0 amide bonds. The van der Waals surface area contributed by atoms with Gasteiger partial charge in [-0.25, -0.2) is 0 Å². The van der Waals surface area contributed by atoms with E-state index in [9.17, 15) is 0 Å². The first-order chi connectivity index (χ1) is 19.1. The molecule has 0 aliphatic rings. The summed E-state index contributed by atoms with van der Waals surface area (Å²) < 4.78 is 0. The molecule has 0 saturated heterocycles. The molecule has 5 rings (SSSR count). The molecule has 0 fully saturated rings. The predicted octanol–water partition coefficient (Wildman–Crippen LogP) is 10.6. The van der Waals surface area contributed by atoms with Crippen LogP contribution < -0.4 is 9.80 Å².